The molecule has 0 aliphatic carbocycles. The van der Waals surface area contributed by atoms with Crippen LogP contribution in [0.5, 0.6) is 5.75 Å². The van der Waals surface area contributed by atoms with Crippen LogP contribution in [0.1, 0.15) is 31.4 Å². The molecule has 0 aliphatic rings. The van der Waals surface area contributed by atoms with Gasteiger partial charge in [0, 0.05) is 18.7 Å². The highest BCUT2D eigenvalue weighted by Gasteiger charge is 2.16. The average Bonchev–Trinajstić information content (AvgIpc) is 2.48. The second-order valence-electron chi connectivity index (χ2n) is 5.03. The highest BCUT2D eigenvalue weighted by molar-refractivity contribution is 5.80. The number of hydrogen-bond acceptors (Lipinski definition) is 3. The van der Waals surface area contributed by atoms with Gasteiger partial charge in [-0.05, 0) is 32.4 Å². The normalized spacial score (nSPS) is 11.8. The van der Waals surface area contributed by atoms with E-state index in [0.717, 1.165) is 36.4 Å². The molecular weight excluding hydrogens is 264 g/mol. The fourth-order valence-corrected chi connectivity index (χ4v) is 1.97. The minimum absolute atomic E-state index is 0.134. The fraction of sp³-hybridized carbons (Fsp3) is 0.471. The predicted octanol–water partition coefficient (Wildman–Crippen LogP) is 2.56. The Kier molecular flexibility index (Phi) is 7.54. The van der Waals surface area contributed by atoms with Gasteiger partial charge in [0.15, 0.2) is 6.10 Å². The van der Waals surface area contributed by atoms with Crippen LogP contribution in [0.4, 0.5) is 0 Å². The van der Waals surface area contributed by atoms with Crippen molar-refractivity contribution in [3.63, 3.8) is 0 Å². The van der Waals surface area contributed by atoms with E-state index in [4.69, 9.17) is 4.74 Å². The summed E-state index contributed by atoms with van der Waals surface area (Å²) in [6, 6.07) is 6.03. The molecule has 1 aromatic carbocycles. The Morgan fingerprint density at radius 1 is 1.48 bits per heavy atom. The van der Waals surface area contributed by atoms with Crippen LogP contribution in [0, 0.1) is 6.92 Å². The Morgan fingerprint density at radius 2 is 2.24 bits per heavy atom. The summed E-state index contributed by atoms with van der Waals surface area (Å²) in [5.74, 6) is 0.660. The molecule has 1 amide bonds. The molecule has 0 aromatic heterocycles. The Bertz CT molecular complexity index is 472. The van der Waals surface area contributed by atoms with Crippen molar-refractivity contribution >= 4 is 5.91 Å². The minimum atomic E-state index is -0.532. The van der Waals surface area contributed by atoms with Gasteiger partial charge in [0.25, 0.3) is 5.91 Å². The summed E-state index contributed by atoms with van der Waals surface area (Å²) in [4.78, 5) is 11.9. The molecule has 0 fully saturated rings. The van der Waals surface area contributed by atoms with Crippen molar-refractivity contribution < 1.29 is 9.53 Å². The lowest BCUT2D eigenvalue weighted by Gasteiger charge is -2.19. The summed E-state index contributed by atoms with van der Waals surface area (Å²) in [5, 5.41) is 6.11. The number of nitrogens with one attached hydrogen (secondary N) is 2. The van der Waals surface area contributed by atoms with Gasteiger partial charge in [0.1, 0.15) is 5.75 Å². The molecule has 1 atom stereocenters. The number of aryl methyl sites for hydroxylation is 1. The standard InChI is InChI=1S/C17H26N2O2/c1-5-10-18-12-15-9-7-8-13(3)16(15)21-14(4)17(20)19-11-6-2/h6-9,14,18H,2,5,10-12H2,1,3-4H3,(H,19,20). The number of benzene rings is 1. The van der Waals surface area contributed by atoms with Gasteiger partial charge in [0.2, 0.25) is 0 Å². The number of para-hydroxylation sites is 1. The molecule has 0 heterocycles. The van der Waals surface area contributed by atoms with E-state index in [0.29, 0.717) is 6.54 Å². The van der Waals surface area contributed by atoms with Crippen LogP contribution >= 0.6 is 0 Å². The predicted molar refractivity (Wildman–Crippen MR) is 86.5 cm³/mol. The van der Waals surface area contributed by atoms with E-state index in [-0.39, 0.29) is 5.91 Å². The largest absolute Gasteiger partial charge is 0.480 e. The highest BCUT2D eigenvalue weighted by Crippen LogP contribution is 2.24. The minimum Gasteiger partial charge on any atom is -0.480 e. The zero-order valence-electron chi connectivity index (χ0n) is 13.2. The van der Waals surface area contributed by atoms with Gasteiger partial charge in [0.05, 0.1) is 0 Å². The molecule has 0 aliphatic heterocycles. The van der Waals surface area contributed by atoms with Crippen molar-refractivity contribution in [2.45, 2.75) is 39.8 Å². The first-order chi connectivity index (χ1) is 10.1. The second-order valence-corrected chi connectivity index (χ2v) is 5.03. The lowest BCUT2D eigenvalue weighted by Crippen LogP contribution is -2.36. The van der Waals surface area contributed by atoms with Crippen molar-refractivity contribution in [1.82, 2.24) is 10.6 Å². The van der Waals surface area contributed by atoms with Crippen LogP contribution in [0.15, 0.2) is 30.9 Å². The van der Waals surface area contributed by atoms with Gasteiger partial charge < -0.3 is 15.4 Å². The summed E-state index contributed by atoms with van der Waals surface area (Å²) in [6.07, 6.45) is 2.21. The average molecular weight is 290 g/mol. The van der Waals surface area contributed by atoms with Crippen molar-refractivity contribution in [2.75, 3.05) is 13.1 Å². The van der Waals surface area contributed by atoms with Gasteiger partial charge in [-0.2, -0.15) is 0 Å². The van der Waals surface area contributed by atoms with Gasteiger partial charge in [-0.1, -0.05) is 31.2 Å². The molecule has 0 bridgehead atoms. The third-order valence-corrected chi connectivity index (χ3v) is 3.12. The van der Waals surface area contributed by atoms with Gasteiger partial charge in [-0.15, -0.1) is 6.58 Å². The maximum Gasteiger partial charge on any atom is 0.261 e. The maximum absolute atomic E-state index is 11.9. The number of hydrogen-bond donors (Lipinski definition) is 2. The first kappa shape index (κ1) is 17.2. The van der Waals surface area contributed by atoms with Crippen LogP contribution in [0.2, 0.25) is 0 Å². The van der Waals surface area contributed by atoms with Crippen molar-refractivity contribution in [1.29, 1.82) is 0 Å². The highest BCUT2D eigenvalue weighted by atomic mass is 16.5. The SMILES string of the molecule is C=CCNC(=O)C(C)Oc1c(C)cccc1CNCCC. The molecule has 21 heavy (non-hydrogen) atoms. The van der Waals surface area contributed by atoms with Gasteiger partial charge in [-0.25, -0.2) is 0 Å². The molecule has 1 rings (SSSR count). The van der Waals surface area contributed by atoms with Crippen LogP contribution < -0.4 is 15.4 Å². The smallest absolute Gasteiger partial charge is 0.261 e. The topological polar surface area (TPSA) is 50.4 Å². The number of carbonyl (C=O) groups excluding carboxylic acids is 1. The van der Waals surface area contributed by atoms with Gasteiger partial charge >= 0.3 is 0 Å². The van der Waals surface area contributed by atoms with E-state index >= 15 is 0 Å². The molecule has 1 unspecified atom stereocenters. The maximum atomic E-state index is 11.9. The summed E-state index contributed by atoms with van der Waals surface area (Å²) in [6.45, 7) is 11.6. The molecular formula is C17H26N2O2. The van der Waals surface area contributed by atoms with E-state index in [1.807, 2.05) is 25.1 Å². The summed E-state index contributed by atoms with van der Waals surface area (Å²) < 4.78 is 5.88. The number of amides is 1. The van der Waals surface area contributed by atoms with Crippen LogP contribution in [0.25, 0.3) is 0 Å². The first-order valence-corrected chi connectivity index (χ1v) is 7.44. The summed E-state index contributed by atoms with van der Waals surface area (Å²) >= 11 is 0. The van der Waals surface area contributed by atoms with E-state index in [9.17, 15) is 4.79 Å². The number of rotatable bonds is 9. The Balaban J connectivity index is 2.75. The third-order valence-electron chi connectivity index (χ3n) is 3.12. The zero-order valence-corrected chi connectivity index (χ0v) is 13.2. The summed E-state index contributed by atoms with van der Waals surface area (Å²) in [7, 11) is 0. The van der Waals surface area contributed by atoms with Crippen LogP contribution in [-0.4, -0.2) is 25.1 Å². The lowest BCUT2D eigenvalue weighted by molar-refractivity contribution is -0.127. The van der Waals surface area contributed by atoms with Crippen molar-refractivity contribution in [3.05, 3.63) is 42.0 Å². The second kappa shape index (κ2) is 9.19. The molecule has 1 aromatic rings. The van der Waals surface area contributed by atoms with Crippen molar-refractivity contribution in [3.8, 4) is 5.75 Å². The fourth-order valence-electron chi connectivity index (χ4n) is 1.97. The molecule has 116 valence electrons. The van der Waals surface area contributed by atoms with E-state index in [1.165, 1.54) is 0 Å². The quantitative estimate of drug-likeness (QED) is 0.543. The molecule has 0 spiro atoms. The van der Waals surface area contributed by atoms with Gasteiger partial charge in [-0.3, -0.25) is 4.79 Å². The lowest BCUT2D eigenvalue weighted by atomic mass is 10.1. The first-order valence-electron chi connectivity index (χ1n) is 7.44. The number of carbonyl (C=O) groups is 1. The van der Waals surface area contributed by atoms with Crippen LogP contribution in [0.3, 0.4) is 0 Å². The molecule has 4 nitrogen and oxygen atoms in total. The summed E-state index contributed by atoms with van der Waals surface area (Å²) in [5.41, 5.74) is 2.11. The van der Waals surface area contributed by atoms with E-state index in [2.05, 4.69) is 24.1 Å². The zero-order chi connectivity index (χ0) is 15.7. The molecule has 0 radical (unpaired) electrons. The van der Waals surface area contributed by atoms with Crippen molar-refractivity contribution in [2.24, 2.45) is 0 Å². The third kappa shape index (κ3) is 5.60. The van der Waals surface area contributed by atoms with E-state index < -0.39 is 6.10 Å². The molecule has 0 saturated heterocycles. The Labute approximate surface area is 127 Å². The molecule has 2 N–H and O–H groups in total. The molecule has 0 saturated carbocycles. The van der Waals surface area contributed by atoms with Crippen LogP contribution in [-0.2, 0) is 11.3 Å². The monoisotopic (exact) mass is 290 g/mol. The number of ether oxygens (including phenoxy) is 1. The Morgan fingerprint density at radius 3 is 2.90 bits per heavy atom. The molecule has 4 heteroatoms. The van der Waals surface area contributed by atoms with E-state index in [1.54, 1.807) is 13.0 Å². The Hall–Kier alpha value is -1.81.